The van der Waals surface area contributed by atoms with Crippen molar-refractivity contribution in [3.63, 3.8) is 0 Å². The number of benzene rings is 2. The van der Waals surface area contributed by atoms with E-state index in [4.69, 9.17) is 4.74 Å². The van der Waals surface area contributed by atoms with E-state index in [1.165, 1.54) is 29.6 Å². The fraction of sp³-hybridized carbons (Fsp3) is 0.370. The minimum atomic E-state index is -4.04. The Morgan fingerprint density at radius 2 is 1.85 bits per heavy atom. The van der Waals surface area contributed by atoms with Gasteiger partial charge in [-0.25, -0.2) is 17.8 Å². The Labute approximate surface area is 226 Å². The van der Waals surface area contributed by atoms with Gasteiger partial charge in [-0.05, 0) is 41.8 Å². The van der Waals surface area contributed by atoms with E-state index in [0.29, 0.717) is 6.54 Å². The highest BCUT2D eigenvalue weighted by atomic mass is 32.2. The van der Waals surface area contributed by atoms with Crippen molar-refractivity contribution in [2.45, 2.75) is 10.8 Å². The second-order valence-electron chi connectivity index (χ2n) is 9.81. The molecule has 2 fully saturated rings. The van der Waals surface area contributed by atoms with E-state index in [-0.39, 0.29) is 47.1 Å². The summed E-state index contributed by atoms with van der Waals surface area (Å²) >= 11 is 0. The summed E-state index contributed by atoms with van der Waals surface area (Å²) in [4.78, 5) is 19.5. The molecule has 206 valence electrons. The van der Waals surface area contributed by atoms with Gasteiger partial charge in [0.2, 0.25) is 10.0 Å². The van der Waals surface area contributed by atoms with Crippen LogP contribution < -0.4 is 9.64 Å². The average Bonchev–Trinajstić information content (AvgIpc) is 3.38. The van der Waals surface area contributed by atoms with Gasteiger partial charge in [0.1, 0.15) is 22.3 Å². The third-order valence-electron chi connectivity index (χ3n) is 7.50. The average molecular weight is 556 g/mol. The first-order valence-corrected chi connectivity index (χ1v) is 14.2. The van der Waals surface area contributed by atoms with Gasteiger partial charge in [0.25, 0.3) is 5.69 Å². The summed E-state index contributed by atoms with van der Waals surface area (Å²) < 4.78 is 48.3. The van der Waals surface area contributed by atoms with Crippen LogP contribution in [0, 0.1) is 21.8 Å². The van der Waals surface area contributed by atoms with E-state index in [0.717, 1.165) is 49.7 Å². The minimum Gasteiger partial charge on any atom is -0.495 e. The number of anilines is 1. The fourth-order valence-electron chi connectivity index (χ4n) is 5.48. The molecular formula is C27H30FN5O5S. The van der Waals surface area contributed by atoms with Crippen molar-refractivity contribution in [2.24, 2.45) is 5.92 Å². The molecule has 3 heterocycles. The molecule has 0 saturated carbocycles. The number of nitrogens with zero attached hydrogens (tertiary/aromatic N) is 5. The maximum Gasteiger partial charge on any atom is 0.273 e. The van der Waals surface area contributed by atoms with Gasteiger partial charge in [-0.3, -0.25) is 15.0 Å². The van der Waals surface area contributed by atoms with Crippen molar-refractivity contribution in [1.29, 1.82) is 0 Å². The molecule has 1 unspecified atom stereocenters. The van der Waals surface area contributed by atoms with Gasteiger partial charge in [0.15, 0.2) is 0 Å². The maximum absolute atomic E-state index is 14.2. The first-order chi connectivity index (χ1) is 18.8. The molecule has 12 heteroatoms. The topological polar surface area (TPSA) is 109 Å². The zero-order chi connectivity index (χ0) is 27.6. The van der Waals surface area contributed by atoms with Gasteiger partial charge in [-0.15, -0.1) is 0 Å². The van der Waals surface area contributed by atoms with Crippen LogP contribution in [0.3, 0.4) is 0 Å². The first kappa shape index (κ1) is 27.0. The largest absolute Gasteiger partial charge is 0.495 e. The number of nitro benzene ring substituents is 1. The normalized spacial score (nSPS) is 20.7. The van der Waals surface area contributed by atoms with Crippen LogP contribution in [0.2, 0.25) is 0 Å². The molecule has 0 aliphatic carbocycles. The zero-order valence-corrected chi connectivity index (χ0v) is 22.3. The standard InChI is InChI=1S/C27H30FN5O5S/c1-38-25-16-23(33(34)35)8-9-26(25)39(36,37)32-18-21(24(19-32)20-5-4-6-22(28)15-20)17-30-11-13-31(14-12-30)27-7-2-3-10-29-27/h2-10,15-16,21,24H,11-14,17-19H2,1H3/t21?,24-/m1/s1. The predicted octanol–water partition coefficient (Wildman–Crippen LogP) is 3.36. The third-order valence-corrected chi connectivity index (χ3v) is 9.37. The summed E-state index contributed by atoms with van der Waals surface area (Å²) in [5, 5.41) is 11.2. The number of pyridine rings is 1. The SMILES string of the molecule is COc1cc([N+](=O)[O-])ccc1S(=O)(=O)N1CC(CN2CCN(c3ccccn3)CC2)[C@@H](c2cccc(F)c2)C1. The highest BCUT2D eigenvalue weighted by molar-refractivity contribution is 7.89. The van der Waals surface area contributed by atoms with Crippen LogP contribution >= 0.6 is 0 Å². The molecule has 2 atom stereocenters. The van der Waals surface area contributed by atoms with Crippen molar-refractivity contribution in [3.8, 4) is 5.75 Å². The molecule has 3 aromatic rings. The molecule has 0 radical (unpaired) electrons. The van der Waals surface area contributed by atoms with Crippen LogP contribution in [0.15, 0.2) is 71.8 Å². The van der Waals surface area contributed by atoms with Crippen molar-refractivity contribution < 1.29 is 22.5 Å². The summed E-state index contributed by atoms with van der Waals surface area (Å²) in [7, 11) is -2.75. The molecule has 0 N–H and O–H groups in total. The van der Waals surface area contributed by atoms with E-state index in [2.05, 4.69) is 14.8 Å². The Morgan fingerprint density at radius 3 is 2.51 bits per heavy atom. The number of halogens is 1. The summed E-state index contributed by atoms with van der Waals surface area (Å²) in [5.74, 6) is 0.194. The van der Waals surface area contributed by atoms with E-state index in [9.17, 15) is 22.9 Å². The van der Waals surface area contributed by atoms with Crippen LogP contribution in [0.5, 0.6) is 5.75 Å². The van der Waals surface area contributed by atoms with E-state index in [1.54, 1.807) is 12.3 Å². The van der Waals surface area contributed by atoms with E-state index in [1.807, 2.05) is 24.3 Å². The Kier molecular flexibility index (Phi) is 7.78. The van der Waals surface area contributed by atoms with Crippen LogP contribution in [0.4, 0.5) is 15.9 Å². The number of piperazine rings is 1. The number of hydrogen-bond acceptors (Lipinski definition) is 8. The highest BCUT2D eigenvalue weighted by Crippen LogP contribution is 2.39. The quantitative estimate of drug-likeness (QED) is 0.308. The monoisotopic (exact) mass is 555 g/mol. The van der Waals surface area contributed by atoms with Gasteiger partial charge in [-0.1, -0.05) is 18.2 Å². The molecule has 2 aliphatic heterocycles. The second-order valence-corrected chi connectivity index (χ2v) is 11.7. The molecule has 1 aromatic heterocycles. The minimum absolute atomic E-state index is 0.0768. The van der Waals surface area contributed by atoms with Crippen molar-refractivity contribution in [3.05, 3.63) is 88.4 Å². The number of hydrogen-bond donors (Lipinski definition) is 0. The van der Waals surface area contributed by atoms with Crippen LogP contribution in [-0.4, -0.2) is 80.5 Å². The second kappa shape index (κ2) is 11.2. The van der Waals surface area contributed by atoms with Crippen molar-refractivity contribution in [1.82, 2.24) is 14.2 Å². The third kappa shape index (κ3) is 5.72. The molecule has 0 spiro atoms. The summed E-state index contributed by atoms with van der Waals surface area (Å²) in [6, 6.07) is 15.7. The molecule has 0 bridgehead atoms. The van der Waals surface area contributed by atoms with E-state index < -0.39 is 14.9 Å². The smallest absolute Gasteiger partial charge is 0.273 e. The van der Waals surface area contributed by atoms with Gasteiger partial charge in [0.05, 0.1) is 18.1 Å². The molecule has 0 amide bonds. The lowest BCUT2D eigenvalue weighted by atomic mass is 9.88. The number of aromatic nitrogens is 1. The molecule has 39 heavy (non-hydrogen) atoms. The molecule has 10 nitrogen and oxygen atoms in total. The van der Waals surface area contributed by atoms with Gasteiger partial charge < -0.3 is 9.64 Å². The lowest BCUT2D eigenvalue weighted by Gasteiger charge is -2.37. The molecule has 2 aliphatic rings. The summed E-state index contributed by atoms with van der Waals surface area (Å²) in [6.45, 7) is 4.26. The lowest BCUT2D eigenvalue weighted by Crippen LogP contribution is -2.48. The molecular weight excluding hydrogens is 525 g/mol. The molecule has 5 rings (SSSR count). The first-order valence-electron chi connectivity index (χ1n) is 12.7. The van der Waals surface area contributed by atoms with Gasteiger partial charge in [-0.2, -0.15) is 4.31 Å². The number of rotatable bonds is 8. The Hall–Kier alpha value is -3.61. The Morgan fingerprint density at radius 1 is 1.05 bits per heavy atom. The predicted molar refractivity (Wildman–Crippen MR) is 144 cm³/mol. The number of methoxy groups -OCH3 is 1. The van der Waals surface area contributed by atoms with Gasteiger partial charge in [0, 0.05) is 64.0 Å². The van der Waals surface area contributed by atoms with Crippen LogP contribution in [-0.2, 0) is 10.0 Å². The fourth-order valence-corrected chi connectivity index (χ4v) is 7.14. The van der Waals surface area contributed by atoms with Crippen LogP contribution in [0.25, 0.3) is 0 Å². The number of ether oxygens (including phenoxy) is 1. The number of nitro groups is 1. The summed E-state index contributed by atoms with van der Waals surface area (Å²) in [6.07, 6.45) is 1.78. The Balaban J connectivity index is 1.37. The zero-order valence-electron chi connectivity index (χ0n) is 21.5. The Bertz CT molecular complexity index is 1430. The van der Waals surface area contributed by atoms with Crippen molar-refractivity contribution in [2.75, 3.05) is 57.8 Å². The highest BCUT2D eigenvalue weighted by Gasteiger charge is 2.42. The van der Waals surface area contributed by atoms with Gasteiger partial charge >= 0.3 is 0 Å². The number of sulfonamides is 1. The maximum atomic E-state index is 14.2. The number of non-ortho nitro benzene ring substituents is 1. The van der Waals surface area contributed by atoms with E-state index >= 15 is 0 Å². The van der Waals surface area contributed by atoms with Crippen molar-refractivity contribution >= 4 is 21.5 Å². The van der Waals surface area contributed by atoms with Crippen LogP contribution in [0.1, 0.15) is 11.5 Å². The molecule has 2 saturated heterocycles. The lowest BCUT2D eigenvalue weighted by molar-refractivity contribution is -0.385. The molecule has 2 aromatic carbocycles. The summed E-state index contributed by atoms with van der Waals surface area (Å²) in [5.41, 5.74) is 0.494.